The number of fused-ring (bicyclic) bond motifs is 1. The molecule has 25 heavy (non-hydrogen) atoms. The molecule has 1 aliphatic rings. The predicted molar refractivity (Wildman–Crippen MR) is 104 cm³/mol. The lowest BCUT2D eigenvalue weighted by molar-refractivity contribution is 0.477. The van der Waals surface area contributed by atoms with E-state index in [1.807, 2.05) is 42.5 Å². The second-order valence-corrected chi connectivity index (χ2v) is 9.79. The second kappa shape index (κ2) is 6.20. The number of aryl methyl sites for hydroxylation is 1. The molecule has 3 aromatic rings. The third-order valence-electron chi connectivity index (χ3n) is 5.19. The van der Waals surface area contributed by atoms with Crippen molar-refractivity contribution in [2.75, 3.05) is 6.16 Å². The predicted octanol–water partition coefficient (Wildman–Crippen LogP) is 5.11. The minimum atomic E-state index is -2.55. The molecule has 4 rings (SSSR count). The number of rotatable bonds is 2. The first-order chi connectivity index (χ1) is 12.1. The molecule has 2 nitrogen and oxygen atoms in total. The summed E-state index contributed by atoms with van der Waals surface area (Å²) in [5.74, 6) is 0.231. The van der Waals surface area contributed by atoms with Gasteiger partial charge in [0.2, 0.25) is 0 Å². The Morgan fingerprint density at radius 1 is 0.880 bits per heavy atom. The van der Waals surface area contributed by atoms with Gasteiger partial charge < -0.3 is 9.67 Å². The van der Waals surface area contributed by atoms with Crippen molar-refractivity contribution in [3.8, 4) is 16.9 Å². The summed E-state index contributed by atoms with van der Waals surface area (Å²) in [6, 6.07) is 21.4. The van der Waals surface area contributed by atoms with Crippen LogP contribution in [-0.2, 0) is 17.1 Å². The minimum Gasteiger partial charge on any atom is -0.507 e. The van der Waals surface area contributed by atoms with Crippen molar-refractivity contribution < 1.29 is 9.67 Å². The van der Waals surface area contributed by atoms with Gasteiger partial charge in [-0.1, -0.05) is 60.7 Å². The molecule has 0 amide bonds. The van der Waals surface area contributed by atoms with Gasteiger partial charge >= 0.3 is 0 Å². The second-order valence-electron chi connectivity index (χ2n) is 6.77. The number of benzene rings is 3. The maximum atomic E-state index is 13.9. The lowest BCUT2D eigenvalue weighted by Crippen LogP contribution is -2.19. The van der Waals surface area contributed by atoms with Gasteiger partial charge in [-0.3, -0.25) is 0 Å². The van der Waals surface area contributed by atoms with Crippen molar-refractivity contribution in [2.24, 2.45) is 0 Å². The van der Waals surface area contributed by atoms with Gasteiger partial charge in [-0.2, -0.15) is 0 Å². The van der Waals surface area contributed by atoms with E-state index >= 15 is 0 Å². The molecule has 0 radical (unpaired) electrons. The van der Waals surface area contributed by atoms with Crippen molar-refractivity contribution in [3.63, 3.8) is 0 Å². The highest BCUT2D eigenvalue weighted by atomic mass is 31.2. The summed E-state index contributed by atoms with van der Waals surface area (Å²) in [7, 11) is -2.55. The van der Waals surface area contributed by atoms with Gasteiger partial charge in [0, 0.05) is 23.2 Å². The van der Waals surface area contributed by atoms with Crippen LogP contribution in [0.3, 0.4) is 0 Å². The van der Waals surface area contributed by atoms with Crippen LogP contribution in [0.4, 0.5) is 0 Å². The topological polar surface area (TPSA) is 37.3 Å². The van der Waals surface area contributed by atoms with E-state index in [4.69, 9.17) is 0 Å². The standard InChI is InChI=1S/C22H21O2P/c1-16-7-6-8-17-15-25(24,14-13-18(16)17)22-12-5-3-10-20(22)19-9-2-4-11-21(19)23/h2-12,23H,13-15H2,1H3. The van der Waals surface area contributed by atoms with E-state index in [0.717, 1.165) is 22.9 Å². The molecular formula is C22H21O2P. The average Bonchev–Trinajstić information content (AvgIpc) is 2.62. The fourth-order valence-electron chi connectivity index (χ4n) is 3.88. The number of phenolic OH excluding ortho intramolecular Hbond substituents is 1. The molecule has 0 aromatic heterocycles. The van der Waals surface area contributed by atoms with Crippen LogP contribution >= 0.6 is 7.14 Å². The van der Waals surface area contributed by atoms with E-state index in [1.54, 1.807) is 6.07 Å². The minimum absolute atomic E-state index is 0.231. The fraction of sp³-hybridized carbons (Fsp3) is 0.182. The van der Waals surface area contributed by atoms with E-state index in [-0.39, 0.29) is 5.75 Å². The van der Waals surface area contributed by atoms with Gasteiger partial charge in [-0.15, -0.1) is 0 Å². The SMILES string of the molecule is Cc1cccc2c1CCP(=O)(c1ccccc1-c1ccccc1O)C2. The van der Waals surface area contributed by atoms with Gasteiger partial charge in [0.1, 0.15) is 12.9 Å². The molecule has 126 valence electrons. The molecular weight excluding hydrogens is 327 g/mol. The normalized spacial score (nSPS) is 19.4. The highest BCUT2D eigenvalue weighted by molar-refractivity contribution is 7.71. The quantitative estimate of drug-likeness (QED) is 0.653. The van der Waals surface area contributed by atoms with Gasteiger partial charge in [0.05, 0.1) is 0 Å². The summed E-state index contributed by atoms with van der Waals surface area (Å²) in [6.07, 6.45) is 2.15. The van der Waals surface area contributed by atoms with E-state index < -0.39 is 7.14 Å². The van der Waals surface area contributed by atoms with Gasteiger partial charge in [0.15, 0.2) is 0 Å². The summed E-state index contributed by atoms with van der Waals surface area (Å²) >= 11 is 0. The van der Waals surface area contributed by atoms with Gasteiger partial charge in [-0.25, -0.2) is 0 Å². The molecule has 0 bridgehead atoms. The van der Waals surface area contributed by atoms with Crippen molar-refractivity contribution in [3.05, 3.63) is 83.4 Å². The van der Waals surface area contributed by atoms with E-state index in [0.29, 0.717) is 12.3 Å². The number of aromatic hydroxyl groups is 1. The largest absolute Gasteiger partial charge is 0.507 e. The molecule has 3 heteroatoms. The molecule has 1 aliphatic heterocycles. The van der Waals surface area contributed by atoms with Crippen LogP contribution < -0.4 is 5.30 Å². The van der Waals surface area contributed by atoms with Crippen LogP contribution in [0.15, 0.2) is 66.7 Å². The monoisotopic (exact) mass is 348 g/mol. The smallest absolute Gasteiger partial charge is 0.123 e. The molecule has 0 saturated carbocycles. The molecule has 0 fully saturated rings. The number of para-hydroxylation sites is 1. The van der Waals surface area contributed by atoms with E-state index in [1.165, 1.54) is 16.7 Å². The Kier molecular flexibility index (Phi) is 4.01. The van der Waals surface area contributed by atoms with Gasteiger partial charge in [0.25, 0.3) is 0 Å². The third kappa shape index (κ3) is 2.81. The Balaban J connectivity index is 1.84. The number of hydrogen-bond donors (Lipinski definition) is 1. The van der Waals surface area contributed by atoms with Crippen molar-refractivity contribution in [1.82, 2.24) is 0 Å². The first kappa shape index (κ1) is 16.2. The molecule has 1 unspecified atom stereocenters. The Hall–Kier alpha value is -2.31. The molecule has 1 atom stereocenters. The van der Waals surface area contributed by atoms with Crippen molar-refractivity contribution in [1.29, 1.82) is 0 Å². The molecule has 0 spiro atoms. The molecule has 3 aromatic carbocycles. The van der Waals surface area contributed by atoms with Crippen molar-refractivity contribution >= 4 is 12.4 Å². The molecule has 0 saturated heterocycles. The van der Waals surface area contributed by atoms with E-state index in [2.05, 4.69) is 25.1 Å². The lowest BCUT2D eigenvalue weighted by atomic mass is 10.0. The van der Waals surface area contributed by atoms with Crippen LogP contribution in [0.5, 0.6) is 5.75 Å². The van der Waals surface area contributed by atoms with Crippen LogP contribution in [-0.4, -0.2) is 11.3 Å². The third-order valence-corrected chi connectivity index (χ3v) is 8.26. The summed E-state index contributed by atoms with van der Waals surface area (Å²) in [6.45, 7) is 2.13. The number of phenols is 1. The zero-order valence-corrected chi connectivity index (χ0v) is 15.2. The zero-order valence-electron chi connectivity index (χ0n) is 14.3. The maximum absolute atomic E-state index is 13.9. The van der Waals surface area contributed by atoms with Crippen LogP contribution in [0, 0.1) is 6.92 Å². The number of hydrogen-bond acceptors (Lipinski definition) is 2. The van der Waals surface area contributed by atoms with E-state index in [9.17, 15) is 9.67 Å². The maximum Gasteiger partial charge on any atom is 0.123 e. The van der Waals surface area contributed by atoms with Gasteiger partial charge in [-0.05, 0) is 41.7 Å². The average molecular weight is 348 g/mol. The highest BCUT2D eigenvalue weighted by Crippen LogP contribution is 2.54. The van der Waals surface area contributed by atoms with Crippen LogP contribution in [0.2, 0.25) is 0 Å². The summed E-state index contributed by atoms with van der Waals surface area (Å²) < 4.78 is 13.9. The zero-order chi connectivity index (χ0) is 17.4. The molecule has 0 aliphatic carbocycles. The first-order valence-electron chi connectivity index (χ1n) is 8.62. The molecule has 1 N–H and O–H groups in total. The summed E-state index contributed by atoms with van der Waals surface area (Å²) in [5, 5.41) is 11.2. The molecule has 1 heterocycles. The van der Waals surface area contributed by atoms with Crippen LogP contribution in [0.25, 0.3) is 11.1 Å². The summed E-state index contributed by atoms with van der Waals surface area (Å²) in [5.41, 5.74) is 5.50. The Morgan fingerprint density at radius 3 is 2.40 bits per heavy atom. The van der Waals surface area contributed by atoms with Crippen LogP contribution in [0.1, 0.15) is 16.7 Å². The Labute approximate surface area is 148 Å². The Morgan fingerprint density at radius 2 is 1.60 bits per heavy atom. The summed E-state index contributed by atoms with van der Waals surface area (Å²) in [4.78, 5) is 0. The fourth-order valence-corrected chi connectivity index (χ4v) is 6.87. The highest BCUT2D eigenvalue weighted by Gasteiger charge is 2.33. The Bertz CT molecular complexity index is 991. The van der Waals surface area contributed by atoms with Crippen molar-refractivity contribution in [2.45, 2.75) is 19.5 Å². The first-order valence-corrected chi connectivity index (χ1v) is 10.7. The lowest BCUT2D eigenvalue weighted by Gasteiger charge is -2.28.